The lowest BCUT2D eigenvalue weighted by atomic mass is 9.96. The Morgan fingerprint density at radius 1 is 1.27 bits per heavy atom. The highest BCUT2D eigenvalue weighted by atomic mass is 16.3. The van der Waals surface area contributed by atoms with Crippen molar-refractivity contribution in [1.29, 1.82) is 0 Å². The Labute approximate surface area is 91.1 Å². The minimum Gasteiger partial charge on any atom is -0.391 e. The smallest absolute Gasteiger partial charge is 0.0760 e. The third kappa shape index (κ3) is 2.21. The van der Waals surface area contributed by atoms with Gasteiger partial charge in [-0.15, -0.1) is 0 Å². The standard InChI is InChI=1S/C13H19NO/c1-8-3-4-11(7-9(8)2)12(14)13(15)10-5-6-10/h3-4,7,10,12-13,15H,5-6,14H2,1-2H3/t12-,13+/m0/s1. The van der Waals surface area contributed by atoms with Crippen molar-refractivity contribution in [2.24, 2.45) is 11.7 Å². The highest BCUT2D eigenvalue weighted by Gasteiger charge is 2.34. The molecule has 0 amide bonds. The SMILES string of the molecule is Cc1ccc([C@H](N)[C@H](O)C2CC2)cc1C. The molecule has 1 aromatic rings. The van der Waals surface area contributed by atoms with Crippen LogP contribution < -0.4 is 5.73 Å². The Morgan fingerprint density at radius 3 is 2.47 bits per heavy atom. The molecule has 2 nitrogen and oxygen atoms in total. The number of rotatable bonds is 3. The van der Waals surface area contributed by atoms with E-state index in [1.54, 1.807) is 0 Å². The molecule has 0 unspecified atom stereocenters. The maximum absolute atomic E-state index is 9.95. The highest BCUT2D eigenvalue weighted by molar-refractivity contribution is 5.32. The van der Waals surface area contributed by atoms with Crippen LogP contribution in [0.1, 0.15) is 35.6 Å². The fraction of sp³-hybridized carbons (Fsp3) is 0.538. The van der Waals surface area contributed by atoms with Crippen LogP contribution in [-0.4, -0.2) is 11.2 Å². The Bertz CT molecular complexity index is 358. The fourth-order valence-electron chi connectivity index (χ4n) is 1.90. The topological polar surface area (TPSA) is 46.2 Å². The molecule has 0 saturated heterocycles. The number of nitrogens with two attached hydrogens (primary N) is 1. The molecule has 2 rings (SSSR count). The number of aliphatic hydroxyl groups is 1. The predicted molar refractivity (Wildman–Crippen MR) is 61.6 cm³/mol. The van der Waals surface area contributed by atoms with Gasteiger partial charge in [0.1, 0.15) is 0 Å². The molecular formula is C13H19NO. The molecule has 1 saturated carbocycles. The van der Waals surface area contributed by atoms with E-state index in [4.69, 9.17) is 5.73 Å². The van der Waals surface area contributed by atoms with Crippen molar-refractivity contribution < 1.29 is 5.11 Å². The maximum Gasteiger partial charge on any atom is 0.0760 e. The normalized spacial score (nSPS) is 20.0. The second kappa shape index (κ2) is 3.95. The third-order valence-corrected chi connectivity index (χ3v) is 3.39. The number of aliphatic hydroxyl groups excluding tert-OH is 1. The van der Waals surface area contributed by atoms with Gasteiger partial charge in [-0.25, -0.2) is 0 Å². The molecule has 0 radical (unpaired) electrons. The van der Waals surface area contributed by atoms with Gasteiger partial charge in [0, 0.05) is 0 Å². The number of aryl methyl sites for hydroxylation is 2. The van der Waals surface area contributed by atoms with Crippen LogP contribution in [0, 0.1) is 19.8 Å². The summed E-state index contributed by atoms with van der Waals surface area (Å²) in [7, 11) is 0. The first kappa shape index (κ1) is 10.7. The quantitative estimate of drug-likeness (QED) is 0.793. The van der Waals surface area contributed by atoms with Crippen LogP contribution in [0.15, 0.2) is 18.2 Å². The van der Waals surface area contributed by atoms with Crippen LogP contribution >= 0.6 is 0 Å². The van der Waals surface area contributed by atoms with Crippen LogP contribution in [0.4, 0.5) is 0 Å². The maximum atomic E-state index is 9.95. The average molecular weight is 205 g/mol. The Hall–Kier alpha value is -0.860. The molecule has 0 heterocycles. The van der Waals surface area contributed by atoms with Gasteiger partial charge in [0.15, 0.2) is 0 Å². The first-order valence-corrected chi connectivity index (χ1v) is 5.60. The van der Waals surface area contributed by atoms with E-state index in [-0.39, 0.29) is 12.1 Å². The second-order valence-electron chi connectivity index (χ2n) is 4.70. The average Bonchev–Trinajstić information content (AvgIpc) is 3.03. The zero-order valence-electron chi connectivity index (χ0n) is 9.40. The van der Waals surface area contributed by atoms with Gasteiger partial charge >= 0.3 is 0 Å². The summed E-state index contributed by atoms with van der Waals surface area (Å²) in [5.41, 5.74) is 9.61. The molecule has 2 atom stereocenters. The second-order valence-corrected chi connectivity index (χ2v) is 4.70. The molecule has 0 bridgehead atoms. The van der Waals surface area contributed by atoms with Gasteiger partial charge in [0.05, 0.1) is 12.1 Å². The van der Waals surface area contributed by atoms with Gasteiger partial charge in [-0.2, -0.15) is 0 Å². The molecule has 0 aliphatic heterocycles. The fourth-order valence-corrected chi connectivity index (χ4v) is 1.90. The first-order chi connectivity index (χ1) is 7.09. The van der Waals surface area contributed by atoms with E-state index in [0.717, 1.165) is 18.4 Å². The zero-order chi connectivity index (χ0) is 11.0. The Morgan fingerprint density at radius 2 is 1.93 bits per heavy atom. The van der Waals surface area contributed by atoms with Crippen molar-refractivity contribution in [2.45, 2.75) is 38.8 Å². The minimum atomic E-state index is -0.368. The largest absolute Gasteiger partial charge is 0.391 e. The molecule has 1 aliphatic carbocycles. The molecule has 1 aliphatic rings. The lowest BCUT2D eigenvalue weighted by Crippen LogP contribution is -2.27. The lowest BCUT2D eigenvalue weighted by Gasteiger charge is -2.19. The number of hydrogen-bond acceptors (Lipinski definition) is 2. The van der Waals surface area contributed by atoms with Gasteiger partial charge in [0.25, 0.3) is 0 Å². The van der Waals surface area contributed by atoms with Gasteiger partial charge in [-0.1, -0.05) is 18.2 Å². The molecule has 82 valence electrons. The number of benzene rings is 1. The molecule has 1 aromatic carbocycles. The van der Waals surface area contributed by atoms with Crippen LogP contribution in [0.3, 0.4) is 0 Å². The summed E-state index contributed by atoms with van der Waals surface area (Å²) in [4.78, 5) is 0. The van der Waals surface area contributed by atoms with Gasteiger partial charge in [-0.05, 0) is 49.3 Å². The molecule has 1 fully saturated rings. The summed E-state index contributed by atoms with van der Waals surface area (Å²) in [6, 6.07) is 5.96. The monoisotopic (exact) mass is 205 g/mol. The first-order valence-electron chi connectivity index (χ1n) is 5.60. The van der Waals surface area contributed by atoms with E-state index >= 15 is 0 Å². The lowest BCUT2D eigenvalue weighted by molar-refractivity contribution is 0.122. The predicted octanol–water partition coefficient (Wildman–Crippen LogP) is 2.07. The Balaban J connectivity index is 2.17. The molecule has 15 heavy (non-hydrogen) atoms. The van der Waals surface area contributed by atoms with Crippen molar-refractivity contribution in [1.82, 2.24) is 0 Å². The van der Waals surface area contributed by atoms with E-state index in [1.807, 2.05) is 6.07 Å². The van der Waals surface area contributed by atoms with E-state index in [9.17, 15) is 5.11 Å². The summed E-state index contributed by atoms with van der Waals surface area (Å²) < 4.78 is 0. The van der Waals surface area contributed by atoms with E-state index in [0.29, 0.717) is 5.92 Å². The molecular weight excluding hydrogens is 186 g/mol. The van der Waals surface area contributed by atoms with Gasteiger partial charge in [0.2, 0.25) is 0 Å². The third-order valence-electron chi connectivity index (χ3n) is 3.39. The molecule has 0 spiro atoms. The van der Waals surface area contributed by atoms with Crippen molar-refractivity contribution >= 4 is 0 Å². The summed E-state index contributed by atoms with van der Waals surface area (Å²) in [6.07, 6.45) is 1.88. The summed E-state index contributed by atoms with van der Waals surface area (Å²) in [5.74, 6) is 0.432. The number of hydrogen-bond donors (Lipinski definition) is 2. The van der Waals surface area contributed by atoms with E-state index in [1.165, 1.54) is 11.1 Å². The Kier molecular flexibility index (Phi) is 2.81. The highest BCUT2D eigenvalue weighted by Crippen LogP contribution is 2.37. The minimum absolute atomic E-state index is 0.225. The molecule has 3 N–H and O–H groups in total. The van der Waals surface area contributed by atoms with E-state index < -0.39 is 0 Å². The molecule has 2 heteroatoms. The van der Waals surface area contributed by atoms with Crippen LogP contribution in [0.25, 0.3) is 0 Å². The zero-order valence-corrected chi connectivity index (χ0v) is 9.40. The van der Waals surface area contributed by atoms with Crippen molar-refractivity contribution in [3.63, 3.8) is 0 Å². The van der Waals surface area contributed by atoms with Crippen LogP contribution in [-0.2, 0) is 0 Å². The summed E-state index contributed by atoms with van der Waals surface area (Å²) >= 11 is 0. The van der Waals surface area contributed by atoms with Crippen molar-refractivity contribution in [3.05, 3.63) is 34.9 Å². The summed E-state index contributed by atoms with van der Waals surface area (Å²) in [5, 5.41) is 9.95. The van der Waals surface area contributed by atoms with Crippen molar-refractivity contribution in [3.8, 4) is 0 Å². The van der Waals surface area contributed by atoms with Crippen LogP contribution in [0.2, 0.25) is 0 Å². The van der Waals surface area contributed by atoms with Crippen LogP contribution in [0.5, 0.6) is 0 Å². The van der Waals surface area contributed by atoms with E-state index in [2.05, 4.69) is 26.0 Å². The molecule has 0 aromatic heterocycles. The van der Waals surface area contributed by atoms with Crippen molar-refractivity contribution in [2.75, 3.05) is 0 Å². The van der Waals surface area contributed by atoms with Gasteiger partial charge in [-0.3, -0.25) is 0 Å². The summed E-state index contributed by atoms with van der Waals surface area (Å²) in [6.45, 7) is 4.16. The van der Waals surface area contributed by atoms with Gasteiger partial charge < -0.3 is 10.8 Å².